The maximum absolute atomic E-state index is 12.5. The van der Waals surface area contributed by atoms with E-state index in [0.29, 0.717) is 0 Å². The van der Waals surface area contributed by atoms with Gasteiger partial charge in [0.2, 0.25) is 0 Å². The number of hydrogen-bond acceptors (Lipinski definition) is 1. The summed E-state index contributed by atoms with van der Waals surface area (Å²) in [5.41, 5.74) is 0. The molecule has 0 radical (unpaired) electrons. The Bertz CT molecular complexity index is 197. The zero-order valence-electron chi connectivity index (χ0n) is 9.14. The summed E-state index contributed by atoms with van der Waals surface area (Å²) in [5, 5.41) is -0.347. The average molecular weight is 188 g/mol. The lowest BCUT2D eigenvalue weighted by Gasteiger charge is -2.38. The molecule has 0 aromatic carbocycles. The summed E-state index contributed by atoms with van der Waals surface area (Å²) in [6.45, 7) is 15.8. The highest BCUT2D eigenvalue weighted by molar-refractivity contribution is 7.69. The average Bonchev–Trinajstić information content (AvgIpc) is 1.81. The zero-order chi connectivity index (χ0) is 10.2. The second kappa shape index (κ2) is 3.03. The van der Waals surface area contributed by atoms with Crippen LogP contribution < -0.4 is 0 Å². The van der Waals surface area contributed by atoms with Gasteiger partial charge in [-0.25, -0.2) is 0 Å². The standard InChI is InChI=1S/C10H21OP/c1-8-12(11,9(2,3)4)10(5,6)7/h8H,1H2,2-7H3. The molecule has 0 fully saturated rings. The van der Waals surface area contributed by atoms with Crippen molar-refractivity contribution in [3.8, 4) is 0 Å². The van der Waals surface area contributed by atoms with Crippen LogP contribution in [0.5, 0.6) is 0 Å². The lowest BCUT2D eigenvalue weighted by atomic mass is 10.2. The van der Waals surface area contributed by atoms with E-state index in [1.165, 1.54) is 0 Å². The number of rotatable bonds is 1. The first kappa shape index (κ1) is 12.0. The molecule has 0 aliphatic rings. The summed E-state index contributed by atoms with van der Waals surface area (Å²) >= 11 is 0. The molecule has 2 heteroatoms. The van der Waals surface area contributed by atoms with Crippen molar-refractivity contribution in [1.29, 1.82) is 0 Å². The summed E-state index contributed by atoms with van der Waals surface area (Å²) in [7, 11) is -2.30. The monoisotopic (exact) mass is 188 g/mol. The van der Waals surface area contributed by atoms with Gasteiger partial charge in [0, 0.05) is 10.3 Å². The highest BCUT2D eigenvalue weighted by Crippen LogP contribution is 2.67. The van der Waals surface area contributed by atoms with Gasteiger partial charge < -0.3 is 4.57 Å². The van der Waals surface area contributed by atoms with Gasteiger partial charge in [-0.3, -0.25) is 0 Å². The van der Waals surface area contributed by atoms with E-state index in [0.717, 1.165) is 0 Å². The molecule has 0 atom stereocenters. The van der Waals surface area contributed by atoms with E-state index >= 15 is 0 Å². The van der Waals surface area contributed by atoms with Crippen molar-refractivity contribution in [3.63, 3.8) is 0 Å². The molecular formula is C10H21OP. The molecule has 0 unspecified atom stereocenters. The van der Waals surface area contributed by atoms with Crippen molar-refractivity contribution in [2.75, 3.05) is 0 Å². The van der Waals surface area contributed by atoms with Crippen LogP contribution in [0, 0.1) is 0 Å². The van der Waals surface area contributed by atoms with Crippen LogP contribution in [0.1, 0.15) is 41.5 Å². The summed E-state index contributed by atoms with van der Waals surface area (Å²) in [4.78, 5) is 0. The Morgan fingerprint density at radius 3 is 1.25 bits per heavy atom. The molecule has 0 aliphatic carbocycles. The largest absolute Gasteiger partial charge is 0.318 e. The predicted molar refractivity (Wildman–Crippen MR) is 57.3 cm³/mol. The van der Waals surface area contributed by atoms with Crippen molar-refractivity contribution in [1.82, 2.24) is 0 Å². The molecule has 0 aromatic heterocycles. The molecule has 0 saturated heterocycles. The fourth-order valence-electron chi connectivity index (χ4n) is 1.55. The van der Waals surface area contributed by atoms with E-state index in [2.05, 4.69) is 6.58 Å². The second-order valence-electron chi connectivity index (χ2n) is 5.18. The van der Waals surface area contributed by atoms with Gasteiger partial charge in [-0.05, 0) is 5.82 Å². The van der Waals surface area contributed by atoms with Crippen molar-refractivity contribution < 1.29 is 4.57 Å². The maximum Gasteiger partial charge on any atom is 0.118 e. The predicted octanol–water partition coefficient (Wildman–Crippen LogP) is 4.09. The van der Waals surface area contributed by atoms with Crippen LogP contribution in [0.3, 0.4) is 0 Å². The Morgan fingerprint density at radius 1 is 1.00 bits per heavy atom. The van der Waals surface area contributed by atoms with E-state index in [4.69, 9.17) is 0 Å². The fraction of sp³-hybridized carbons (Fsp3) is 0.800. The first-order chi connectivity index (χ1) is 5.06. The fourth-order valence-corrected chi connectivity index (χ4v) is 4.66. The lowest BCUT2D eigenvalue weighted by Crippen LogP contribution is -2.27. The molecule has 0 aliphatic heterocycles. The molecule has 72 valence electrons. The molecule has 0 aromatic rings. The molecule has 1 nitrogen and oxygen atoms in total. The van der Waals surface area contributed by atoms with Crippen LogP contribution in [0.15, 0.2) is 12.4 Å². The minimum Gasteiger partial charge on any atom is -0.318 e. The van der Waals surface area contributed by atoms with Gasteiger partial charge in [0.25, 0.3) is 0 Å². The molecule has 0 saturated carbocycles. The molecule has 0 bridgehead atoms. The molecule has 0 amide bonds. The van der Waals surface area contributed by atoms with Gasteiger partial charge in [-0.2, -0.15) is 0 Å². The second-order valence-corrected chi connectivity index (χ2v) is 9.55. The van der Waals surface area contributed by atoms with Gasteiger partial charge in [0.1, 0.15) is 7.14 Å². The Hall–Kier alpha value is -0.0300. The van der Waals surface area contributed by atoms with Gasteiger partial charge in [-0.15, -0.1) is 0 Å². The van der Waals surface area contributed by atoms with Crippen LogP contribution in [0.2, 0.25) is 0 Å². The van der Waals surface area contributed by atoms with Crippen LogP contribution in [-0.4, -0.2) is 10.3 Å². The van der Waals surface area contributed by atoms with Crippen molar-refractivity contribution in [3.05, 3.63) is 12.4 Å². The quantitative estimate of drug-likeness (QED) is 0.566. The zero-order valence-corrected chi connectivity index (χ0v) is 10.0. The van der Waals surface area contributed by atoms with E-state index in [9.17, 15) is 4.57 Å². The molecular weight excluding hydrogens is 167 g/mol. The smallest absolute Gasteiger partial charge is 0.118 e. The van der Waals surface area contributed by atoms with Gasteiger partial charge in [0.15, 0.2) is 0 Å². The van der Waals surface area contributed by atoms with Gasteiger partial charge in [0.05, 0.1) is 0 Å². The van der Waals surface area contributed by atoms with E-state index < -0.39 is 7.14 Å². The van der Waals surface area contributed by atoms with Crippen molar-refractivity contribution >= 4 is 7.14 Å². The Balaban J connectivity index is 5.26. The van der Waals surface area contributed by atoms with E-state index in [1.807, 2.05) is 41.5 Å². The SMILES string of the molecule is C=CP(=O)(C(C)(C)C)C(C)(C)C. The summed E-state index contributed by atoms with van der Waals surface area (Å²) in [6, 6.07) is 0. The lowest BCUT2D eigenvalue weighted by molar-refractivity contribution is 0.527. The summed E-state index contributed by atoms with van der Waals surface area (Å²) in [6.07, 6.45) is 0. The van der Waals surface area contributed by atoms with Crippen LogP contribution in [0.4, 0.5) is 0 Å². The first-order valence-corrected chi connectivity index (χ1v) is 6.07. The highest BCUT2D eigenvalue weighted by Gasteiger charge is 2.43. The maximum atomic E-state index is 12.5. The van der Waals surface area contributed by atoms with Crippen molar-refractivity contribution in [2.45, 2.75) is 51.9 Å². The minimum atomic E-state index is -2.30. The highest BCUT2D eigenvalue weighted by atomic mass is 31.2. The molecule has 12 heavy (non-hydrogen) atoms. The van der Waals surface area contributed by atoms with Crippen LogP contribution in [-0.2, 0) is 4.57 Å². The Kier molecular flexibility index (Phi) is 3.02. The van der Waals surface area contributed by atoms with Crippen molar-refractivity contribution in [2.24, 2.45) is 0 Å². The first-order valence-electron chi connectivity index (χ1n) is 4.30. The third kappa shape index (κ3) is 1.82. The van der Waals surface area contributed by atoms with Gasteiger partial charge in [-0.1, -0.05) is 48.1 Å². The molecule has 0 spiro atoms. The molecule has 0 heterocycles. The van der Waals surface area contributed by atoms with E-state index in [-0.39, 0.29) is 10.3 Å². The van der Waals surface area contributed by atoms with E-state index in [1.54, 1.807) is 5.82 Å². The third-order valence-corrected chi connectivity index (χ3v) is 6.75. The Morgan fingerprint density at radius 2 is 1.25 bits per heavy atom. The summed E-state index contributed by atoms with van der Waals surface area (Å²) in [5.74, 6) is 1.66. The molecule has 0 N–H and O–H groups in total. The number of hydrogen-bond donors (Lipinski definition) is 0. The molecule has 0 rings (SSSR count). The van der Waals surface area contributed by atoms with Crippen LogP contribution >= 0.6 is 7.14 Å². The van der Waals surface area contributed by atoms with Crippen LogP contribution in [0.25, 0.3) is 0 Å². The van der Waals surface area contributed by atoms with Gasteiger partial charge >= 0.3 is 0 Å². The topological polar surface area (TPSA) is 17.1 Å². The third-order valence-electron chi connectivity index (χ3n) is 2.25. The summed E-state index contributed by atoms with van der Waals surface area (Å²) < 4.78 is 12.5. The Labute approximate surface area is 76.6 Å². The minimum absolute atomic E-state index is 0.174. The normalized spacial score (nSPS) is 14.5.